The minimum absolute atomic E-state index is 0.185. The molecular weight excluding hydrogens is 248 g/mol. The van der Waals surface area contributed by atoms with Gasteiger partial charge in [0, 0.05) is 0 Å². The lowest BCUT2D eigenvalue weighted by Gasteiger charge is -2.17. The van der Waals surface area contributed by atoms with Crippen molar-refractivity contribution in [3.63, 3.8) is 0 Å². The maximum Gasteiger partial charge on any atom is 0.474 e. The van der Waals surface area contributed by atoms with E-state index in [0.717, 1.165) is 0 Å². The van der Waals surface area contributed by atoms with Crippen LogP contribution in [0, 0.1) is 5.21 Å². The average molecular weight is 259 g/mol. The molecule has 100 valence electrons. The van der Waals surface area contributed by atoms with Crippen LogP contribution >= 0.6 is 0 Å². The van der Waals surface area contributed by atoms with Gasteiger partial charge in [0.25, 0.3) is 0 Å². The van der Waals surface area contributed by atoms with Crippen LogP contribution in [0.3, 0.4) is 0 Å². The molecule has 0 aliphatic carbocycles. The van der Waals surface area contributed by atoms with Gasteiger partial charge in [0.15, 0.2) is 0 Å². The maximum atomic E-state index is 11.4. The number of amides is 2. The van der Waals surface area contributed by atoms with Crippen LogP contribution in [0.5, 0.6) is 0 Å². The van der Waals surface area contributed by atoms with Crippen LogP contribution in [0.1, 0.15) is 20.8 Å². The summed E-state index contributed by atoms with van der Waals surface area (Å²) < 4.78 is 8.98. The predicted molar refractivity (Wildman–Crippen MR) is 54.3 cm³/mol. The number of ether oxygens (including phenoxy) is 1. The van der Waals surface area contributed by atoms with Crippen molar-refractivity contribution in [1.29, 1.82) is 0 Å². The van der Waals surface area contributed by atoms with E-state index < -0.39 is 29.4 Å². The molecule has 10 heteroatoms. The number of nitrogens with zero attached hydrogens (tertiary/aromatic N) is 2. The molecule has 0 bridgehead atoms. The summed E-state index contributed by atoms with van der Waals surface area (Å²) in [5.41, 5.74) is -0.781. The Hall–Kier alpha value is -2.52. The third-order valence-corrected chi connectivity index (χ3v) is 1.45. The zero-order valence-electron chi connectivity index (χ0n) is 9.84. The lowest BCUT2D eigenvalue weighted by Crippen LogP contribution is -2.35. The van der Waals surface area contributed by atoms with Crippen molar-refractivity contribution < 1.29 is 29.0 Å². The fourth-order valence-electron chi connectivity index (χ4n) is 0.932. The highest BCUT2D eigenvalue weighted by Crippen LogP contribution is 2.15. The maximum absolute atomic E-state index is 11.4. The van der Waals surface area contributed by atoms with Crippen LogP contribution in [-0.4, -0.2) is 22.9 Å². The highest BCUT2D eigenvalue weighted by atomic mass is 16.8. The zero-order chi connectivity index (χ0) is 13.9. The summed E-state index contributed by atoms with van der Waals surface area (Å²) in [6, 6.07) is 0. The van der Waals surface area contributed by atoms with Crippen molar-refractivity contribution in [3.8, 4) is 0 Å². The van der Waals surface area contributed by atoms with Crippen molar-refractivity contribution >= 4 is 23.8 Å². The minimum Gasteiger partial charge on any atom is -0.530 e. The van der Waals surface area contributed by atoms with Gasteiger partial charge in [-0.15, -0.1) is 0 Å². The third kappa shape index (κ3) is 3.81. The first-order valence-electron chi connectivity index (χ1n) is 4.77. The highest BCUT2D eigenvalue weighted by Gasteiger charge is 2.25. The molecule has 1 heterocycles. The number of carboxylic acid groups (broad SMARTS) is 1. The zero-order valence-corrected chi connectivity index (χ0v) is 9.84. The number of hydrogen-bond acceptors (Lipinski definition) is 7. The SMILES string of the molecule is CC(C)(C)OC(=O)Nc1c(NC(=O)[O-])no[n+]1[O-]. The Labute approximate surface area is 101 Å². The fourth-order valence-corrected chi connectivity index (χ4v) is 0.932. The molecule has 0 saturated heterocycles. The monoisotopic (exact) mass is 259 g/mol. The summed E-state index contributed by atoms with van der Waals surface area (Å²) in [6.07, 6.45) is -2.67. The van der Waals surface area contributed by atoms with Gasteiger partial charge in [0.2, 0.25) is 0 Å². The number of nitrogens with one attached hydrogen (secondary N) is 2. The third-order valence-electron chi connectivity index (χ3n) is 1.45. The number of anilines is 2. The Balaban J connectivity index is 2.80. The van der Waals surface area contributed by atoms with Gasteiger partial charge in [-0.25, -0.2) is 4.79 Å². The van der Waals surface area contributed by atoms with Gasteiger partial charge in [-0.1, -0.05) is 4.90 Å². The van der Waals surface area contributed by atoms with E-state index in [4.69, 9.17) is 4.74 Å². The van der Waals surface area contributed by atoms with Gasteiger partial charge >= 0.3 is 17.7 Å². The molecule has 0 fully saturated rings. The standard InChI is InChI=1S/C8H12N4O6/c1-8(2,3)17-7(15)10-5-4(9-6(13)14)11-18-12(5)16/h1-3H3,(H,9,11)(H,10,15)(H,13,14)/p-1. The summed E-state index contributed by atoms with van der Waals surface area (Å²) in [6.45, 7) is 4.85. The molecule has 0 spiro atoms. The number of carbonyl (C=O) groups is 2. The largest absolute Gasteiger partial charge is 0.530 e. The molecule has 0 unspecified atom stereocenters. The summed E-state index contributed by atoms with van der Waals surface area (Å²) in [7, 11) is 0. The van der Waals surface area contributed by atoms with Crippen molar-refractivity contribution in [3.05, 3.63) is 5.21 Å². The topological polar surface area (TPSA) is 143 Å². The number of aromatic nitrogens is 2. The Morgan fingerprint density at radius 3 is 2.50 bits per heavy atom. The number of carbonyl (C=O) groups excluding carboxylic acids is 2. The second-order valence-electron chi connectivity index (χ2n) is 4.17. The fraction of sp³-hybridized carbons (Fsp3) is 0.500. The van der Waals surface area contributed by atoms with E-state index in [2.05, 4.69) is 9.79 Å². The minimum atomic E-state index is -1.71. The molecule has 1 aromatic rings. The van der Waals surface area contributed by atoms with E-state index in [1.807, 2.05) is 5.32 Å². The lowest BCUT2D eigenvalue weighted by atomic mass is 10.2. The van der Waals surface area contributed by atoms with Crippen molar-refractivity contribution in [1.82, 2.24) is 5.16 Å². The first-order chi connectivity index (χ1) is 8.19. The average Bonchev–Trinajstić information content (AvgIpc) is 2.46. The van der Waals surface area contributed by atoms with Crippen LogP contribution < -0.4 is 20.6 Å². The molecule has 0 atom stereocenters. The van der Waals surface area contributed by atoms with E-state index in [-0.39, 0.29) is 4.90 Å². The summed E-state index contributed by atoms with van der Waals surface area (Å²) >= 11 is 0. The van der Waals surface area contributed by atoms with Crippen LogP contribution in [0.15, 0.2) is 4.63 Å². The Morgan fingerprint density at radius 2 is 2.00 bits per heavy atom. The van der Waals surface area contributed by atoms with Gasteiger partial charge < -0.3 is 29.8 Å². The summed E-state index contributed by atoms with van der Waals surface area (Å²) in [5.74, 6) is -1.05. The molecule has 1 rings (SSSR count). The summed E-state index contributed by atoms with van der Waals surface area (Å²) in [5, 5.41) is 28.1. The van der Waals surface area contributed by atoms with Gasteiger partial charge in [0.05, 0.1) is 0 Å². The van der Waals surface area contributed by atoms with Crippen molar-refractivity contribution in [2.45, 2.75) is 26.4 Å². The molecule has 1 aromatic heterocycles. The normalized spacial score (nSPS) is 10.8. The van der Waals surface area contributed by atoms with Gasteiger partial charge in [-0.3, -0.25) is 0 Å². The summed E-state index contributed by atoms with van der Waals surface area (Å²) in [4.78, 5) is 21.5. The second kappa shape index (κ2) is 4.77. The quantitative estimate of drug-likeness (QED) is 0.675. The molecule has 18 heavy (non-hydrogen) atoms. The van der Waals surface area contributed by atoms with E-state index >= 15 is 0 Å². The predicted octanol–water partition coefficient (Wildman–Crippen LogP) is -0.590. The van der Waals surface area contributed by atoms with Crippen LogP contribution in [0.25, 0.3) is 0 Å². The van der Waals surface area contributed by atoms with Gasteiger partial charge in [0.1, 0.15) is 11.7 Å². The molecular formula is C8H11N4O6-. The molecule has 0 saturated carbocycles. The molecule has 2 amide bonds. The smallest absolute Gasteiger partial charge is 0.474 e. The van der Waals surface area contributed by atoms with E-state index in [0.29, 0.717) is 0 Å². The van der Waals surface area contributed by atoms with Gasteiger partial charge in [-0.05, 0) is 25.9 Å². The lowest BCUT2D eigenvalue weighted by molar-refractivity contribution is -0.790. The van der Waals surface area contributed by atoms with Crippen LogP contribution in [-0.2, 0) is 4.74 Å². The van der Waals surface area contributed by atoms with Gasteiger partial charge in [-0.2, -0.15) is 5.32 Å². The van der Waals surface area contributed by atoms with E-state index in [9.17, 15) is 19.9 Å². The number of rotatable bonds is 2. The number of hydrogen-bond donors (Lipinski definition) is 2. The molecule has 2 N–H and O–H groups in total. The first kappa shape index (κ1) is 13.5. The Bertz CT molecular complexity index is 463. The van der Waals surface area contributed by atoms with Crippen LogP contribution in [0.4, 0.5) is 21.2 Å². The van der Waals surface area contributed by atoms with Crippen molar-refractivity contribution in [2.24, 2.45) is 0 Å². The first-order valence-corrected chi connectivity index (χ1v) is 4.77. The highest BCUT2D eigenvalue weighted by molar-refractivity contribution is 5.89. The van der Waals surface area contributed by atoms with E-state index in [1.165, 1.54) is 0 Å². The van der Waals surface area contributed by atoms with Crippen LogP contribution in [0.2, 0.25) is 0 Å². The van der Waals surface area contributed by atoms with Crippen molar-refractivity contribution in [2.75, 3.05) is 10.6 Å². The molecule has 0 aromatic carbocycles. The molecule has 0 aliphatic rings. The molecule has 0 aliphatic heterocycles. The van der Waals surface area contributed by atoms with E-state index in [1.54, 1.807) is 26.1 Å². The second-order valence-corrected chi connectivity index (χ2v) is 4.17. The molecule has 10 nitrogen and oxygen atoms in total. The Morgan fingerprint density at radius 1 is 1.39 bits per heavy atom. The molecule has 0 radical (unpaired) electrons. The Kier molecular flexibility index (Phi) is 3.59.